The van der Waals surface area contributed by atoms with Crippen molar-refractivity contribution in [3.05, 3.63) is 48.0 Å². The lowest BCUT2D eigenvalue weighted by molar-refractivity contribution is -0.146. The zero-order chi connectivity index (χ0) is 14.8. The Labute approximate surface area is 118 Å². The Morgan fingerprint density at radius 1 is 1.20 bits per heavy atom. The third kappa shape index (κ3) is 3.15. The Morgan fingerprint density at radius 3 is 2.40 bits per heavy atom. The standard InChI is InChI=1S/C16H18N2O2/c1-16(2,15(19)20)10-11-6-8-12(9-7-11)13-4-3-5-14(17)18-13/h3-9H,10H2,1-2H3,(H2,17,18)(H,19,20). The molecule has 20 heavy (non-hydrogen) atoms. The van der Waals surface area contributed by atoms with Crippen LogP contribution in [0.2, 0.25) is 0 Å². The van der Waals surface area contributed by atoms with Gasteiger partial charge in [-0.2, -0.15) is 0 Å². The summed E-state index contributed by atoms with van der Waals surface area (Å²) >= 11 is 0. The Kier molecular flexibility index (Phi) is 3.74. The van der Waals surface area contributed by atoms with Crippen LogP contribution in [0.1, 0.15) is 19.4 Å². The first-order valence-electron chi connectivity index (χ1n) is 6.44. The topological polar surface area (TPSA) is 76.2 Å². The third-order valence-electron chi connectivity index (χ3n) is 3.25. The van der Waals surface area contributed by atoms with Gasteiger partial charge in [0.25, 0.3) is 0 Å². The van der Waals surface area contributed by atoms with Crippen molar-refractivity contribution < 1.29 is 9.90 Å². The lowest BCUT2D eigenvalue weighted by Crippen LogP contribution is -2.26. The fraction of sp³-hybridized carbons (Fsp3) is 0.250. The summed E-state index contributed by atoms with van der Waals surface area (Å²) < 4.78 is 0. The van der Waals surface area contributed by atoms with Gasteiger partial charge in [0.05, 0.1) is 11.1 Å². The van der Waals surface area contributed by atoms with Crippen molar-refractivity contribution in [2.75, 3.05) is 5.73 Å². The van der Waals surface area contributed by atoms with Crippen LogP contribution in [0.15, 0.2) is 42.5 Å². The molecule has 0 unspecified atom stereocenters. The second-order valence-electron chi connectivity index (χ2n) is 5.51. The Morgan fingerprint density at radius 2 is 1.85 bits per heavy atom. The monoisotopic (exact) mass is 270 g/mol. The van der Waals surface area contributed by atoms with Gasteiger partial charge in [0.2, 0.25) is 0 Å². The first-order chi connectivity index (χ1) is 9.38. The summed E-state index contributed by atoms with van der Waals surface area (Å²) in [5.41, 5.74) is 7.67. The van der Waals surface area contributed by atoms with E-state index in [1.165, 1.54) is 0 Å². The lowest BCUT2D eigenvalue weighted by Gasteiger charge is -2.19. The van der Waals surface area contributed by atoms with Gasteiger partial charge in [-0.25, -0.2) is 4.98 Å². The number of benzene rings is 1. The number of nitrogens with zero attached hydrogens (tertiary/aromatic N) is 1. The highest BCUT2D eigenvalue weighted by atomic mass is 16.4. The van der Waals surface area contributed by atoms with Gasteiger partial charge in [0.1, 0.15) is 5.82 Å². The van der Waals surface area contributed by atoms with Crippen LogP contribution in [0.4, 0.5) is 5.82 Å². The molecule has 104 valence electrons. The maximum atomic E-state index is 11.1. The zero-order valence-electron chi connectivity index (χ0n) is 11.6. The van der Waals surface area contributed by atoms with E-state index in [0.717, 1.165) is 16.8 Å². The number of anilines is 1. The molecule has 0 spiro atoms. The highest BCUT2D eigenvalue weighted by Gasteiger charge is 2.27. The molecule has 0 fully saturated rings. The number of rotatable bonds is 4. The SMILES string of the molecule is CC(C)(Cc1ccc(-c2cccc(N)n2)cc1)C(=O)O. The number of carboxylic acids is 1. The lowest BCUT2D eigenvalue weighted by atomic mass is 9.86. The van der Waals surface area contributed by atoms with Crippen LogP contribution in [0.5, 0.6) is 0 Å². The predicted molar refractivity (Wildman–Crippen MR) is 79.2 cm³/mol. The van der Waals surface area contributed by atoms with Crippen molar-refractivity contribution in [2.24, 2.45) is 5.41 Å². The number of pyridine rings is 1. The molecule has 1 aromatic carbocycles. The summed E-state index contributed by atoms with van der Waals surface area (Å²) in [4.78, 5) is 15.4. The summed E-state index contributed by atoms with van der Waals surface area (Å²) in [5.74, 6) is -0.308. The van der Waals surface area contributed by atoms with Gasteiger partial charge >= 0.3 is 5.97 Å². The average molecular weight is 270 g/mol. The molecule has 4 heteroatoms. The minimum atomic E-state index is -0.793. The summed E-state index contributed by atoms with van der Waals surface area (Å²) in [6.07, 6.45) is 0.493. The summed E-state index contributed by atoms with van der Waals surface area (Å²) in [6, 6.07) is 13.2. The molecular weight excluding hydrogens is 252 g/mol. The van der Waals surface area contributed by atoms with E-state index in [4.69, 9.17) is 10.8 Å². The number of hydrogen-bond donors (Lipinski definition) is 2. The van der Waals surface area contributed by atoms with Crippen LogP contribution < -0.4 is 5.73 Å². The molecule has 2 aromatic rings. The average Bonchev–Trinajstić information content (AvgIpc) is 2.39. The van der Waals surface area contributed by atoms with Crippen molar-refractivity contribution in [2.45, 2.75) is 20.3 Å². The first kappa shape index (κ1) is 14.1. The number of hydrogen-bond acceptors (Lipinski definition) is 3. The van der Waals surface area contributed by atoms with E-state index < -0.39 is 11.4 Å². The van der Waals surface area contributed by atoms with Gasteiger partial charge in [-0.05, 0) is 38.0 Å². The van der Waals surface area contributed by atoms with Crippen molar-refractivity contribution in [3.8, 4) is 11.3 Å². The molecule has 0 saturated heterocycles. The second-order valence-corrected chi connectivity index (χ2v) is 5.51. The summed E-state index contributed by atoms with van der Waals surface area (Å²) in [5, 5.41) is 9.14. The number of carbonyl (C=O) groups is 1. The Bertz CT molecular complexity index is 619. The predicted octanol–water partition coefficient (Wildman–Crippen LogP) is 2.98. The summed E-state index contributed by atoms with van der Waals surface area (Å²) in [6.45, 7) is 3.45. The first-order valence-corrected chi connectivity index (χ1v) is 6.44. The van der Waals surface area contributed by atoms with Crippen molar-refractivity contribution in [3.63, 3.8) is 0 Å². The molecule has 0 saturated carbocycles. The minimum Gasteiger partial charge on any atom is -0.481 e. The van der Waals surface area contributed by atoms with E-state index >= 15 is 0 Å². The molecule has 3 N–H and O–H groups in total. The number of aromatic nitrogens is 1. The molecule has 1 heterocycles. The van der Waals surface area contributed by atoms with Crippen LogP contribution in [-0.2, 0) is 11.2 Å². The Hall–Kier alpha value is -2.36. The molecule has 0 bridgehead atoms. The highest BCUT2D eigenvalue weighted by molar-refractivity contribution is 5.74. The molecule has 0 radical (unpaired) electrons. The van der Waals surface area contributed by atoms with Crippen molar-refractivity contribution >= 4 is 11.8 Å². The number of nitrogen functional groups attached to an aromatic ring is 1. The molecule has 0 atom stereocenters. The number of carboxylic acid groups (broad SMARTS) is 1. The largest absolute Gasteiger partial charge is 0.481 e. The molecular formula is C16H18N2O2. The normalized spacial score (nSPS) is 11.3. The van der Waals surface area contributed by atoms with E-state index in [2.05, 4.69) is 4.98 Å². The van der Waals surface area contributed by atoms with Crippen LogP contribution >= 0.6 is 0 Å². The van der Waals surface area contributed by atoms with E-state index in [1.54, 1.807) is 19.9 Å². The fourth-order valence-electron chi connectivity index (χ4n) is 1.99. The molecule has 4 nitrogen and oxygen atoms in total. The molecule has 0 amide bonds. The van der Waals surface area contributed by atoms with E-state index in [-0.39, 0.29) is 0 Å². The second kappa shape index (κ2) is 5.33. The Balaban J connectivity index is 2.21. The molecule has 2 rings (SSSR count). The quantitative estimate of drug-likeness (QED) is 0.895. The van der Waals surface area contributed by atoms with Gasteiger partial charge in [-0.3, -0.25) is 4.79 Å². The van der Waals surface area contributed by atoms with E-state index in [0.29, 0.717) is 12.2 Å². The van der Waals surface area contributed by atoms with Crippen molar-refractivity contribution in [1.82, 2.24) is 4.98 Å². The van der Waals surface area contributed by atoms with Crippen LogP contribution in [0.25, 0.3) is 11.3 Å². The van der Waals surface area contributed by atoms with Gasteiger partial charge in [0, 0.05) is 5.56 Å². The van der Waals surface area contributed by atoms with Crippen molar-refractivity contribution in [1.29, 1.82) is 0 Å². The zero-order valence-corrected chi connectivity index (χ0v) is 11.6. The number of nitrogens with two attached hydrogens (primary N) is 1. The maximum absolute atomic E-state index is 11.1. The van der Waals surface area contributed by atoms with E-state index in [9.17, 15) is 4.79 Å². The maximum Gasteiger partial charge on any atom is 0.309 e. The van der Waals surface area contributed by atoms with E-state index in [1.807, 2.05) is 36.4 Å². The van der Waals surface area contributed by atoms with Crippen LogP contribution in [-0.4, -0.2) is 16.1 Å². The molecule has 0 aliphatic carbocycles. The van der Waals surface area contributed by atoms with Gasteiger partial charge < -0.3 is 10.8 Å². The van der Waals surface area contributed by atoms with Gasteiger partial charge in [0.15, 0.2) is 0 Å². The van der Waals surface area contributed by atoms with Crippen LogP contribution in [0, 0.1) is 5.41 Å². The van der Waals surface area contributed by atoms with Gasteiger partial charge in [-0.1, -0.05) is 30.3 Å². The van der Waals surface area contributed by atoms with Crippen LogP contribution in [0.3, 0.4) is 0 Å². The molecule has 1 aromatic heterocycles. The minimum absolute atomic E-state index is 0.485. The summed E-state index contributed by atoms with van der Waals surface area (Å²) in [7, 11) is 0. The molecule has 0 aliphatic heterocycles. The fourth-order valence-corrected chi connectivity index (χ4v) is 1.99. The van der Waals surface area contributed by atoms with Gasteiger partial charge in [-0.15, -0.1) is 0 Å². The highest BCUT2D eigenvalue weighted by Crippen LogP contribution is 2.24. The smallest absolute Gasteiger partial charge is 0.309 e. The number of aliphatic carboxylic acids is 1. The molecule has 0 aliphatic rings. The third-order valence-corrected chi connectivity index (χ3v) is 3.25.